The van der Waals surface area contributed by atoms with Crippen LogP contribution in [0, 0.1) is 5.92 Å². The highest BCUT2D eigenvalue weighted by molar-refractivity contribution is 5.75. The van der Waals surface area contributed by atoms with Crippen molar-refractivity contribution >= 4 is 12.0 Å². The molecule has 2 atom stereocenters. The van der Waals surface area contributed by atoms with Crippen LogP contribution in [0.25, 0.3) is 0 Å². The van der Waals surface area contributed by atoms with Crippen LogP contribution in [0.1, 0.15) is 32.3 Å². The van der Waals surface area contributed by atoms with Gasteiger partial charge in [0.25, 0.3) is 0 Å². The second-order valence-electron chi connectivity index (χ2n) is 6.20. The summed E-state index contributed by atoms with van der Waals surface area (Å²) >= 11 is 0. The minimum atomic E-state index is -4.55. The molecule has 0 saturated heterocycles. The number of rotatable bonds is 8. The summed E-state index contributed by atoms with van der Waals surface area (Å²) in [6.07, 6.45) is -4.29. The van der Waals surface area contributed by atoms with Crippen molar-refractivity contribution in [2.24, 2.45) is 5.92 Å². The van der Waals surface area contributed by atoms with Gasteiger partial charge in [-0.1, -0.05) is 44.2 Å². The van der Waals surface area contributed by atoms with Crippen LogP contribution >= 0.6 is 0 Å². The summed E-state index contributed by atoms with van der Waals surface area (Å²) in [7, 11) is 0. The zero-order valence-electron chi connectivity index (χ0n) is 14.1. The Morgan fingerprint density at radius 1 is 1.12 bits per heavy atom. The van der Waals surface area contributed by atoms with Crippen molar-refractivity contribution in [1.29, 1.82) is 0 Å². The van der Waals surface area contributed by atoms with Gasteiger partial charge < -0.3 is 15.7 Å². The zero-order valence-corrected chi connectivity index (χ0v) is 14.1. The Kier molecular flexibility index (Phi) is 7.73. The number of halogens is 3. The van der Waals surface area contributed by atoms with Crippen molar-refractivity contribution in [2.45, 2.75) is 51.4 Å². The predicted molar refractivity (Wildman–Crippen MR) is 87.2 cm³/mol. The third-order valence-corrected chi connectivity index (χ3v) is 3.67. The monoisotopic (exact) mass is 360 g/mol. The quantitative estimate of drug-likeness (QED) is 0.665. The van der Waals surface area contributed by atoms with E-state index in [1.165, 1.54) is 13.8 Å². The predicted octanol–water partition coefficient (Wildman–Crippen LogP) is 3.35. The first-order chi connectivity index (χ1) is 11.6. The molecule has 0 aromatic heterocycles. The summed E-state index contributed by atoms with van der Waals surface area (Å²) in [5, 5.41) is 13.2. The molecule has 1 rings (SSSR count). The van der Waals surface area contributed by atoms with Crippen LogP contribution in [-0.2, 0) is 11.2 Å². The van der Waals surface area contributed by atoms with E-state index in [1.54, 1.807) is 24.3 Å². The van der Waals surface area contributed by atoms with Crippen molar-refractivity contribution in [3.8, 4) is 0 Å². The summed E-state index contributed by atoms with van der Waals surface area (Å²) in [4.78, 5) is 22.7. The van der Waals surface area contributed by atoms with E-state index in [9.17, 15) is 22.8 Å². The highest BCUT2D eigenvalue weighted by Gasteiger charge is 2.42. The molecule has 1 aromatic rings. The number of hydrogen-bond acceptors (Lipinski definition) is 2. The molecule has 1 aromatic carbocycles. The van der Waals surface area contributed by atoms with Gasteiger partial charge in [0.05, 0.1) is 0 Å². The van der Waals surface area contributed by atoms with Gasteiger partial charge in [-0.25, -0.2) is 4.79 Å². The normalized spacial score (nSPS) is 14.0. The summed E-state index contributed by atoms with van der Waals surface area (Å²) < 4.78 is 38.8. The van der Waals surface area contributed by atoms with E-state index in [4.69, 9.17) is 5.11 Å². The molecule has 0 heterocycles. The Hall–Kier alpha value is -2.25. The lowest BCUT2D eigenvalue weighted by Gasteiger charge is -2.26. The minimum Gasteiger partial charge on any atom is -0.481 e. The van der Waals surface area contributed by atoms with Gasteiger partial charge in [-0.05, 0) is 24.3 Å². The molecule has 8 heteroatoms. The van der Waals surface area contributed by atoms with Crippen molar-refractivity contribution in [2.75, 3.05) is 0 Å². The Morgan fingerprint density at radius 3 is 2.20 bits per heavy atom. The topological polar surface area (TPSA) is 78.4 Å². The average molecular weight is 360 g/mol. The molecule has 0 spiro atoms. The maximum atomic E-state index is 12.9. The molecular formula is C17H23F3N2O3. The SMILES string of the molecule is CC(C)[C@H](NC(=O)NC(CCC(=O)O)Cc1ccccc1)C(F)(F)F. The maximum absolute atomic E-state index is 12.9. The Bertz CT molecular complexity index is 562. The minimum absolute atomic E-state index is 0.121. The van der Waals surface area contributed by atoms with E-state index < -0.39 is 36.2 Å². The number of aliphatic carboxylic acids is 1. The fourth-order valence-electron chi connectivity index (χ4n) is 2.42. The van der Waals surface area contributed by atoms with Crippen LogP contribution in [0.5, 0.6) is 0 Å². The molecule has 0 aliphatic carbocycles. The maximum Gasteiger partial charge on any atom is 0.408 e. The molecule has 5 nitrogen and oxygen atoms in total. The molecule has 0 aliphatic heterocycles. The van der Waals surface area contributed by atoms with Crippen LogP contribution < -0.4 is 10.6 Å². The highest BCUT2D eigenvalue weighted by Crippen LogP contribution is 2.25. The summed E-state index contributed by atoms with van der Waals surface area (Å²) in [5.74, 6) is -1.85. The number of nitrogens with one attached hydrogen (secondary N) is 2. The summed E-state index contributed by atoms with van der Waals surface area (Å²) in [6, 6.07) is 5.50. The lowest BCUT2D eigenvalue weighted by atomic mass is 10.0. The third-order valence-electron chi connectivity index (χ3n) is 3.67. The summed E-state index contributed by atoms with van der Waals surface area (Å²) in [5.41, 5.74) is 0.856. The molecule has 2 amide bonds. The summed E-state index contributed by atoms with van der Waals surface area (Å²) in [6.45, 7) is 2.73. The first-order valence-corrected chi connectivity index (χ1v) is 7.99. The number of carbonyl (C=O) groups is 2. The average Bonchev–Trinajstić information content (AvgIpc) is 2.50. The van der Waals surface area contributed by atoms with Crippen molar-refractivity contribution < 1.29 is 27.9 Å². The molecule has 0 fully saturated rings. The van der Waals surface area contributed by atoms with Gasteiger partial charge in [-0.2, -0.15) is 13.2 Å². The number of amides is 2. The van der Waals surface area contributed by atoms with Crippen LogP contribution in [0.2, 0.25) is 0 Å². The largest absolute Gasteiger partial charge is 0.481 e. The van der Waals surface area contributed by atoms with Gasteiger partial charge in [0, 0.05) is 12.5 Å². The Labute approximate surface area is 144 Å². The Balaban J connectivity index is 2.74. The molecule has 3 N–H and O–H groups in total. The standard InChI is InChI=1S/C17H23F3N2O3/c1-11(2)15(17(18,19)20)22-16(25)21-13(8-9-14(23)24)10-12-6-4-3-5-7-12/h3-7,11,13,15H,8-10H2,1-2H3,(H,23,24)(H2,21,22,25)/t13?,15-/m0/s1. The van der Waals surface area contributed by atoms with E-state index in [1.807, 2.05) is 11.4 Å². The van der Waals surface area contributed by atoms with Crippen molar-refractivity contribution in [1.82, 2.24) is 10.6 Å². The van der Waals surface area contributed by atoms with Gasteiger partial charge in [-0.3, -0.25) is 4.79 Å². The number of carboxylic acid groups (broad SMARTS) is 1. The molecular weight excluding hydrogens is 337 g/mol. The van der Waals surface area contributed by atoms with Gasteiger partial charge in [-0.15, -0.1) is 0 Å². The van der Waals surface area contributed by atoms with Crippen LogP contribution in [0.15, 0.2) is 30.3 Å². The van der Waals surface area contributed by atoms with E-state index in [2.05, 4.69) is 5.32 Å². The highest BCUT2D eigenvalue weighted by atomic mass is 19.4. The third kappa shape index (κ3) is 7.91. The van der Waals surface area contributed by atoms with Gasteiger partial charge in [0.2, 0.25) is 0 Å². The lowest BCUT2D eigenvalue weighted by molar-refractivity contribution is -0.162. The fraction of sp³-hybridized carbons (Fsp3) is 0.529. The first kappa shape index (κ1) is 20.8. The molecule has 0 radical (unpaired) electrons. The molecule has 25 heavy (non-hydrogen) atoms. The van der Waals surface area contributed by atoms with E-state index in [0.29, 0.717) is 6.42 Å². The zero-order chi connectivity index (χ0) is 19.0. The van der Waals surface area contributed by atoms with Gasteiger partial charge in [0.15, 0.2) is 0 Å². The molecule has 0 saturated carbocycles. The van der Waals surface area contributed by atoms with Crippen molar-refractivity contribution in [3.05, 3.63) is 35.9 Å². The smallest absolute Gasteiger partial charge is 0.408 e. The first-order valence-electron chi connectivity index (χ1n) is 7.99. The van der Waals surface area contributed by atoms with E-state index in [0.717, 1.165) is 5.56 Å². The van der Waals surface area contributed by atoms with Crippen LogP contribution in [-0.4, -0.2) is 35.4 Å². The fourth-order valence-corrected chi connectivity index (χ4v) is 2.42. The number of alkyl halides is 3. The van der Waals surface area contributed by atoms with Crippen LogP contribution in [0.3, 0.4) is 0 Å². The number of carboxylic acids is 1. The van der Waals surface area contributed by atoms with Gasteiger partial charge in [0.1, 0.15) is 6.04 Å². The molecule has 1 unspecified atom stereocenters. The van der Waals surface area contributed by atoms with E-state index >= 15 is 0 Å². The molecule has 0 aliphatic rings. The number of carbonyl (C=O) groups excluding carboxylic acids is 1. The van der Waals surface area contributed by atoms with Crippen molar-refractivity contribution in [3.63, 3.8) is 0 Å². The van der Waals surface area contributed by atoms with Gasteiger partial charge >= 0.3 is 18.2 Å². The second kappa shape index (κ2) is 9.29. The van der Waals surface area contributed by atoms with E-state index in [-0.39, 0.29) is 12.8 Å². The lowest BCUT2D eigenvalue weighted by Crippen LogP contribution is -2.54. The number of urea groups is 1. The Morgan fingerprint density at radius 2 is 1.72 bits per heavy atom. The number of benzene rings is 1. The molecule has 140 valence electrons. The second-order valence-corrected chi connectivity index (χ2v) is 6.20. The van der Waals surface area contributed by atoms with Crippen LogP contribution in [0.4, 0.5) is 18.0 Å². The molecule has 0 bridgehead atoms. The number of hydrogen-bond donors (Lipinski definition) is 3.